The largest absolute Gasteiger partial charge is 0.444 e. The number of rotatable bonds is 3. The molecule has 0 spiro atoms. The standard InChI is InChI=1S/C22H27F3N4O3/c1-22(2,3)32-21(30)27-18-5-13(29-9-12-8-26-28(4)19(12)10-29)11-31-20(18)14-6-16(24)17(25)7-15(14)23/h6-8,13,18,20H,5,9-11H2,1-4H3,(H,27,30)/t13-,18+,20-/m1/s1. The van der Waals surface area contributed by atoms with Gasteiger partial charge < -0.3 is 14.8 Å². The monoisotopic (exact) mass is 452 g/mol. The zero-order chi connectivity index (χ0) is 23.2. The fraction of sp³-hybridized carbons (Fsp3) is 0.545. The van der Waals surface area contributed by atoms with Gasteiger partial charge in [-0.2, -0.15) is 5.10 Å². The summed E-state index contributed by atoms with van der Waals surface area (Å²) in [6.45, 7) is 6.79. The third kappa shape index (κ3) is 4.61. The Morgan fingerprint density at radius 3 is 2.59 bits per heavy atom. The van der Waals surface area contributed by atoms with E-state index in [1.54, 1.807) is 20.8 Å². The number of aromatic nitrogens is 2. The smallest absolute Gasteiger partial charge is 0.407 e. The lowest BCUT2D eigenvalue weighted by molar-refractivity contribution is -0.0630. The molecule has 10 heteroatoms. The van der Waals surface area contributed by atoms with Crippen molar-refractivity contribution in [1.29, 1.82) is 0 Å². The molecule has 0 aliphatic carbocycles. The van der Waals surface area contributed by atoms with Gasteiger partial charge in [0.2, 0.25) is 0 Å². The molecule has 2 aliphatic heterocycles. The molecule has 2 aromatic rings. The minimum absolute atomic E-state index is 0.0769. The number of benzene rings is 1. The molecule has 0 bridgehead atoms. The SMILES string of the molecule is Cn1ncc2c1CN([C@H]1CO[C@H](c3cc(F)c(F)cc3F)[C@@H](NC(=O)OC(C)(C)C)C1)C2. The maximum absolute atomic E-state index is 14.5. The third-order valence-electron chi connectivity index (χ3n) is 5.80. The van der Waals surface area contributed by atoms with Crippen LogP contribution in [0.15, 0.2) is 18.3 Å². The number of hydrogen-bond donors (Lipinski definition) is 1. The number of aryl methyl sites for hydroxylation is 1. The number of carbonyl (C=O) groups excluding carboxylic acids is 1. The minimum atomic E-state index is -1.28. The van der Waals surface area contributed by atoms with Crippen LogP contribution in [0.1, 0.15) is 50.1 Å². The van der Waals surface area contributed by atoms with E-state index in [0.29, 0.717) is 25.6 Å². The van der Waals surface area contributed by atoms with Gasteiger partial charge in [-0.1, -0.05) is 0 Å². The molecule has 2 aliphatic rings. The molecule has 1 saturated heterocycles. The highest BCUT2D eigenvalue weighted by Crippen LogP contribution is 2.35. The number of ether oxygens (including phenoxy) is 2. The zero-order valence-electron chi connectivity index (χ0n) is 18.5. The second kappa shape index (κ2) is 8.40. The van der Waals surface area contributed by atoms with Crippen LogP contribution >= 0.6 is 0 Å². The minimum Gasteiger partial charge on any atom is -0.444 e. The molecule has 0 saturated carbocycles. The van der Waals surface area contributed by atoms with E-state index in [1.165, 1.54) is 0 Å². The summed E-state index contributed by atoms with van der Waals surface area (Å²) >= 11 is 0. The fourth-order valence-electron chi connectivity index (χ4n) is 4.30. The number of fused-ring (bicyclic) bond motifs is 1. The average Bonchev–Trinajstić information content (AvgIpc) is 3.26. The van der Waals surface area contributed by atoms with Crippen molar-refractivity contribution in [1.82, 2.24) is 20.0 Å². The quantitative estimate of drug-likeness (QED) is 0.722. The van der Waals surface area contributed by atoms with E-state index in [9.17, 15) is 18.0 Å². The number of hydrogen-bond acceptors (Lipinski definition) is 5. The first-order valence-electron chi connectivity index (χ1n) is 10.5. The Morgan fingerprint density at radius 1 is 1.19 bits per heavy atom. The molecule has 0 radical (unpaired) electrons. The lowest BCUT2D eigenvalue weighted by Crippen LogP contribution is -2.52. The van der Waals surface area contributed by atoms with Crippen LogP contribution < -0.4 is 5.32 Å². The lowest BCUT2D eigenvalue weighted by atomic mass is 9.92. The molecular weight excluding hydrogens is 425 g/mol. The highest BCUT2D eigenvalue weighted by atomic mass is 19.2. The van der Waals surface area contributed by atoms with Gasteiger partial charge in [0.05, 0.1) is 24.5 Å². The van der Waals surface area contributed by atoms with Crippen molar-refractivity contribution in [3.05, 3.63) is 52.6 Å². The van der Waals surface area contributed by atoms with E-state index >= 15 is 0 Å². The Kier molecular flexibility index (Phi) is 5.93. The first-order chi connectivity index (χ1) is 15.0. The second-order valence-electron chi connectivity index (χ2n) is 9.33. The van der Waals surface area contributed by atoms with Gasteiger partial charge in [-0.15, -0.1) is 0 Å². The van der Waals surface area contributed by atoms with Gasteiger partial charge in [0.15, 0.2) is 11.6 Å². The van der Waals surface area contributed by atoms with E-state index in [4.69, 9.17) is 9.47 Å². The number of alkyl carbamates (subject to hydrolysis) is 1. The van der Waals surface area contributed by atoms with Crippen LogP contribution in [-0.4, -0.2) is 45.1 Å². The van der Waals surface area contributed by atoms with E-state index < -0.39 is 41.3 Å². The number of carbonyl (C=O) groups is 1. The molecule has 1 aromatic carbocycles. The molecule has 1 aromatic heterocycles. The number of nitrogens with zero attached hydrogens (tertiary/aromatic N) is 3. The topological polar surface area (TPSA) is 68.6 Å². The summed E-state index contributed by atoms with van der Waals surface area (Å²) in [5.41, 5.74) is 1.36. The van der Waals surface area contributed by atoms with Gasteiger partial charge in [0.25, 0.3) is 0 Å². The van der Waals surface area contributed by atoms with Gasteiger partial charge in [0, 0.05) is 43.4 Å². The van der Waals surface area contributed by atoms with E-state index in [0.717, 1.165) is 17.3 Å². The van der Waals surface area contributed by atoms with Crippen LogP contribution in [0.4, 0.5) is 18.0 Å². The molecular formula is C22H27F3N4O3. The Labute approximate surface area is 184 Å². The highest BCUT2D eigenvalue weighted by molar-refractivity contribution is 5.68. The summed E-state index contributed by atoms with van der Waals surface area (Å²) in [5, 5.41) is 7.01. The van der Waals surface area contributed by atoms with Crippen LogP contribution in [0, 0.1) is 17.5 Å². The average molecular weight is 452 g/mol. The van der Waals surface area contributed by atoms with E-state index in [2.05, 4.69) is 15.3 Å². The summed E-state index contributed by atoms with van der Waals surface area (Å²) in [6, 6.07) is 0.503. The van der Waals surface area contributed by atoms with Gasteiger partial charge in [-0.25, -0.2) is 18.0 Å². The highest BCUT2D eigenvalue weighted by Gasteiger charge is 2.40. The molecule has 1 N–H and O–H groups in total. The fourth-order valence-corrected chi connectivity index (χ4v) is 4.30. The van der Waals surface area contributed by atoms with Crippen molar-refractivity contribution >= 4 is 6.09 Å². The summed E-state index contributed by atoms with van der Waals surface area (Å²) in [6.07, 6.45) is 0.577. The van der Waals surface area contributed by atoms with E-state index in [1.807, 2.05) is 17.9 Å². The summed E-state index contributed by atoms with van der Waals surface area (Å²) < 4.78 is 55.0. The molecule has 32 heavy (non-hydrogen) atoms. The summed E-state index contributed by atoms with van der Waals surface area (Å²) in [5.74, 6) is -3.38. The van der Waals surface area contributed by atoms with Crippen LogP contribution in [0.2, 0.25) is 0 Å². The third-order valence-corrected chi connectivity index (χ3v) is 5.80. The molecule has 4 rings (SSSR count). The molecule has 174 valence electrons. The maximum atomic E-state index is 14.5. The Balaban J connectivity index is 1.56. The summed E-state index contributed by atoms with van der Waals surface area (Å²) in [4.78, 5) is 14.7. The summed E-state index contributed by atoms with van der Waals surface area (Å²) in [7, 11) is 1.88. The normalized spacial score (nSPS) is 23.8. The van der Waals surface area contributed by atoms with Crippen molar-refractivity contribution in [3.63, 3.8) is 0 Å². The Hall–Kier alpha value is -2.59. The molecule has 0 unspecified atom stereocenters. The van der Waals surface area contributed by atoms with Crippen molar-refractivity contribution in [3.8, 4) is 0 Å². The van der Waals surface area contributed by atoms with Crippen molar-refractivity contribution in [2.24, 2.45) is 7.05 Å². The van der Waals surface area contributed by atoms with Gasteiger partial charge in [0.1, 0.15) is 17.5 Å². The van der Waals surface area contributed by atoms with E-state index in [-0.39, 0.29) is 18.2 Å². The molecule has 1 fully saturated rings. The van der Waals surface area contributed by atoms with Crippen LogP contribution in [0.5, 0.6) is 0 Å². The lowest BCUT2D eigenvalue weighted by Gasteiger charge is -2.40. The number of nitrogens with one attached hydrogen (secondary N) is 1. The predicted octanol–water partition coefficient (Wildman–Crippen LogP) is 3.58. The number of amides is 1. The molecule has 1 amide bonds. The Bertz CT molecular complexity index is 1020. The maximum Gasteiger partial charge on any atom is 0.407 e. The first-order valence-corrected chi connectivity index (χ1v) is 10.5. The first kappa shape index (κ1) is 22.6. The van der Waals surface area contributed by atoms with Gasteiger partial charge in [-0.05, 0) is 33.3 Å². The predicted molar refractivity (Wildman–Crippen MR) is 109 cm³/mol. The van der Waals surface area contributed by atoms with Crippen LogP contribution in [0.3, 0.4) is 0 Å². The second-order valence-corrected chi connectivity index (χ2v) is 9.33. The molecule has 3 heterocycles. The van der Waals surface area contributed by atoms with Crippen LogP contribution in [0.25, 0.3) is 0 Å². The zero-order valence-corrected chi connectivity index (χ0v) is 18.5. The van der Waals surface area contributed by atoms with Crippen LogP contribution in [-0.2, 0) is 29.6 Å². The van der Waals surface area contributed by atoms with Crippen molar-refractivity contribution in [2.45, 2.75) is 64.1 Å². The Morgan fingerprint density at radius 2 is 1.91 bits per heavy atom. The molecule has 3 atom stereocenters. The van der Waals surface area contributed by atoms with Crippen molar-refractivity contribution in [2.75, 3.05) is 6.61 Å². The van der Waals surface area contributed by atoms with Gasteiger partial charge >= 0.3 is 6.09 Å². The number of halogens is 3. The molecule has 7 nitrogen and oxygen atoms in total. The van der Waals surface area contributed by atoms with Crippen molar-refractivity contribution < 1.29 is 27.4 Å². The van der Waals surface area contributed by atoms with Gasteiger partial charge in [-0.3, -0.25) is 9.58 Å².